The van der Waals surface area contributed by atoms with Gasteiger partial charge in [-0.3, -0.25) is 9.69 Å². The first-order valence-corrected chi connectivity index (χ1v) is 10.5. The summed E-state index contributed by atoms with van der Waals surface area (Å²) in [5.41, 5.74) is 1.65. The van der Waals surface area contributed by atoms with E-state index in [9.17, 15) is 9.90 Å². The van der Waals surface area contributed by atoms with Crippen molar-refractivity contribution in [2.75, 3.05) is 19.6 Å². The van der Waals surface area contributed by atoms with Crippen molar-refractivity contribution in [2.45, 2.75) is 65.5 Å². The van der Waals surface area contributed by atoms with Gasteiger partial charge < -0.3 is 10.0 Å². The van der Waals surface area contributed by atoms with Crippen LogP contribution >= 0.6 is 0 Å². The number of benzene rings is 1. The number of likely N-dealkylation sites (tertiary alicyclic amines) is 2. The third kappa shape index (κ3) is 3.87. The summed E-state index contributed by atoms with van der Waals surface area (Å²) in [4.78, 5) is 17.9. The second-order valence-corrected chi connectivity index (χ2v) is 10.4. The van der Waals surface area contributed by atoms with E-state index in [-0.39, 0.29) is 5.92 Å². The maximum absolute atomic E-state index is 13.3. The first-order chi connectivity index (χ1) is 12.7. The second-order valence-electron chi connectivity index (χ2n) is 10.4. The van der Waals surface area contributed by atoms with Crippen molar-refractivity contribution >= 4 is 5.91 Å². The molecule has 1 N–H and O–H groups in total. The molecule has 4 nitrogen and oxygen atoms in total. The Morgan fingerprint density at radius 3 is 2.56 bits per heavy atom. The van der Waals surface area contributed by atoms with E-state index in [4.69, 9.17) is 0 Å². The lowest BCUT2D eigenvalue weighted by Crippen LogP contribution is -2.44. The molecule has 0 aromatic heterocycles. The number of aromatic hydroxyl groups is 1. The van der Waals surface area contributed by atoms with Crippen molar-refractivity contribution < 1.29 is 9.90 Å². The summed E-state index contributed by atoms with van der Waals surface area (Å²) >= 11 is 0. The van der Waals surface area contributed by atoms with Crippen LogP contribution in [0.4, 0.5) is 0 Å². The molecule has 3 fully saturated rings. The number of carbonyl (C=O) groups is 1. The molecular formula is C23H34N2O2. The van der Waals surface area contributed by atoms with Crippen LogP contribution in [0.5, 0.6) is 5.75 Å². The summed E-state index contributed by atoms with van der Waals surface area (Å²) in [5.74, 6) is 0.955. The molecule has 1 aromatic carbocycles. The first kappa shape index (κ1) is 18.8. The van der Waals surface area contributed by atoms with Gasteiger partial charge in [0.15, 0.2) is 0 Å². The maximum atomic E-state index is 13.3. The molecule has 2 bridgehead atoms. The van der Waals surface area contributed by atoms with Crippen molar-refractivity contribution in [2.24, 2.45) is 16.7 Å². The minimum atomic E-state index is 0.177. The summed E-state index contributed by atoms with van der Waals surface area (Å²) < 4.78 is 0. The molecule has 2 aliphatic heterocycles. The van der Waals surface area contributed by atoms with Crippen LogP contribution in [-0.2, 0) is 11.3 Å². The highest BCUT2D eigenvalue weighted by Gasteiger charge is 2.51. The van der Waals surface area contributed by atoms with Gasteiger partial charge in [-0.1, -0.05) is 39.0 Å². The minimum Gasteiger partial charge on any atom is -0.508 e. The highest BCUT2D eigenvalue weighted by atomic mass is 16.3. The van der Waals surface area contributed by atoms with Crippen LogP contribution in [-0.4, -0.2) is 46.5 Å². The van der Waals surface area contributed by atoms with Gasteiger partial charge in [0.2, 0.25) is 5.91 Å². The zero-order chi connectivity index (χ0) is 19.2. The molecule has 3 aliphatic rings. The molecule has 4 rings (SSSR count). The minimum absolute atomic E-state index is 0.177. The van der Waals surface area contributed by atoms with E-state index in [0.29, 0.717) is 28.5 Å². The van der Waals surface area contributed by atoms with E-state index in [1.54, 1.807) is 6.07 Å². The Morgan fingerprint density at radius 2 is 1.85 bits per heavy atom. The van der Waals surface area contributed by atoms with Gasteiger partial charge in [0.05, 0.1) is 0 Å². The van der Waals surface area contributed by atoms with Crippen LogP contribution < -0.4 is 0 Å². The number of carbonyl (C=O) groups excluding carboxylic acids is 1. The molecule has 1 aromatic rings. The summed E-state index contributed by atoms with van der Waals surface area (Å²) in [6.45, 7) is 10.7. The number of fused-ring (bicyclic) bond motifs is 2. The van der Waals surface area contributed by atoms with Gasteiger partial charge >= 0.3 is 0 Å². The lowest BCUT2D eigenvalue weighted by atomic mass is 9.65. The number of amides is 1. The number of hydrogen-bond acceptors (Lipinski definition) is 3. The lowest BCUT2D eigenvalue weighted by molar-refractivity contribution is -0.138. The van der Waals surface area contributed by atoms with Gasteiger partial charge in [-0.05, 0) is 62.1 Å². The fourth-order valence-electron chi connectivity index (χ4n) is 6.18. The molecule has 1 aliphatic carbocycles. The molecule has 0 spiro atoms. The normalized spacial score (nSPS) is 31.2. The van der Waals surface area contributed by atoms with Crippen molar-refractivity contribution in [3.05, 3.63) is 29.8 Å². The largest absolute Gasteiger partial charge is 0.508 e. The fourth-order valence-corrected chi connectivity index (χ4v) is 6.18. The zero-order valence-corrected chi connectivity index (χ0v) is 17.1. The Bertz CT molecular complexity index is 708. The van der Waals surface area contributed by atoms with E-state index < -0.39 is 0 Å². The first-order valence-electron chi connectivity index (χ1n) is 10.5. The average molecular weight is 371 g/mol. The van der Waals surface area contributed by atoms with E-state index >= 15 is 0 Å². The molecule has 27 heavy (non-hydrogen) atoms. The van der Waals surface area contributed by atoms with Crippen molar-refractivity contribution in [3.8, 4) is 5.75 Å². The standard InChI is InChI=1S/C23H34N2O2/c1-22(2)12-19-13-23(3,15-22)16-25(19)21(27)17-8-10-24(11-9-17)14-18-6-4-5-7-20(18)26/h4-7,17,19,26H,8-16H2,1-3H3/t19-,23+/m0/s1. The van der Waals surface area contributed by atoms with Gasteiger partial charge in [0, 0.05) is 30.6 Å². The second kappa shape index (κ2) is 6.80. The number of nitrogens with zero attached hydrogens (tertiary/aromatic N) is 2. The fraction of sp³-hybridized carbons (Fsp3) is 0.696. The number of phenols is 1. The Balaban J connectivity index is 1.35. The van der Waals surface area contributed by atoms with Crippen LogP contribution in [0.25, 0.3) is 0 Å². The summed E-state index contributed by atoms with van der Waals surface area (Å²) in [7, 11) is 0. The van der Waals surface area contributed by atoms with E-state index in [0.717, 1.165) is 51.0 Å². The SMILES string of the molecule is CC1(C)C[C@H]2C[C@@](C)(CN2C(=O)C2CCN(Cc3ccccc3O)CC2)C1. The van der Waals surface area contributed by atoms with Crippen molar-refractivity contribution in [3.63, 3.8) is 0 Å². The van der Waals surface area contributed by atoms with Crippen LogP contribution in [0, 0.1) is 16.7 Å². The number of para-hydroxylation sites is 1. The lowest BCUT2D eigenvalue weighted by Gasteiger charge is -2.40. The van der Waals surface area contributed by atoms with Gasteiger partial charge in [0.1, 0.15) is 5.75 Å². The molecule has 2 atom stereocenters. The molecule has 2 heterocycles. The summed E-state index contributed by atoms with van der Waals surface area (Å²) in [6.07, 6.45) is 5.46. The average Bonchev–Trinajstić information content (AvgIpc) is 2.86. The molecule has 1 amide bonds. The topological polar surface area (TPSA) is 43.8 Å². The quantitative estimate of drug-likeness (QED) is 0.873. The number of rotatable bonds is 3. The Labute approximate surface area is 163 Å². The van der Waals surface area contributed by atoms with Gasteiger partial charge in [-0.2, -0.15) is 0 Å². The third-order valence-corrected chi connectivity index (χ3v) is 7.02. The number of piperidine rings is 1. The third-order valence-electron chi connectivity index (χ3n) is 7.02. The van der Waals surface area contributed by atoms with Crippen LogP contribution in [0.15, 0.2) is 24.3 Å². The predicted octanol–water partition coefficient (Wildman–Crippen LogP) is 4.03. The van der Waals surface area contributed by atoms with Gasteiger partial charge in [-0.25, -0.2) is 0 Å². The highest BCUT2D eigenvalue weighted by molar-refractivity contribution is 5.79. The Morgan fingerprint density at radius 1 is 1.15 bits per heavy atom. The highest BCUT2D eigenvalue weighted by Crippen LogP contribution is 2.52. The summed E-state index contributed by atoms with van der Waals surface area (Å²) in [5, 5.41) is 9.99. The van der Waals surface area contributed by atoms with Crippen molar-refractivity contribution in [1.82, 2.24) is 9.80 Å². The Hall–Kier alpha value is -1.55. The van der Waals surface area contributed by atoms with Crippen LogP contribution in [0.2, 0.25) is 0 Å². The molecule has 0 radical (unpaired) electrons. The molecule has 4 heteroatoms. The van der Waals surface area contributed by atoms with Gasteiger partial charge in [0.25, 0.3) is 0 Å². The molecule has 2 saturated heterocycles. The molecular weight excluding hydrogens is 336 g/mol. The molecule has 148 valence electrons. The molecule has 0 unspecified atom stereocenters. The van der Waals surface area contributed by atoms with E-state index in [1.165, 1.54) is 12.8 Å². The predicted molar refractivity (Wildman–Crippen MR) is 107 cm³/mol. The number of hydrogen-bond donors (Lipinski definition) is 1. The summed E-state index contributed by atoms with van der Waals surface area (Å²) in [6, 6.07) is 8.01. The van der Waals surface area contributed by atoms with E-state index in [2.05, 4.69) is 30.6 Å². The van der Waals surface area contributed by atoms with Crippen LogP contribution in [0.1, 0.15) is 58.4 Å². The van der Waals surface area contributed by atoms with Crippen LogP contribution in [0.3, 0.4) is 0 Å². The van der Waals surface area contributed by atoms with Crippen molar-refractivity contribution in [1.29, 1.82) is 0 Å². The maximum Gasteiger partial charge on any atom is 0.226 e. The Kier molecular flexibility index (Phi) is 4.74. The monoisotopic (exact) mass is 370 g/mol. The smallest absolute Gasteiger partial charge is 0.226 e. The molecule has 1 saturated carbocycles. The zero-order valence-electron chi connectivity index (χ0n) is 17.1. The van der Waals surface area contributed by atoms with Gasteiger partial charge in [-0.15, -0.1) is 0 Å². The number of phenolic OH excluding ortho intramolecular Hbond substituents is 1. The van der Waals surface area contributed by atoms with E-state index in [1.807, 2.05) is 18.2 Å².